The van der Waals surface area contributed by atoms with E-state index in [2.05, 4.69) is 4.72 Å². The number of nitrogens with one attached hydrogen (secondary N) is 1. The molecule has 2 rings (SSSR count). The SMILES string of the molecule is CCO[C@@H]1CCCC[C@H]1NS(=O)(=O)c1ccc(Cl)cc1. The lowest BCUT2D eigenvalue weighted by Crippen LogP contribution is -2.46. The van der Waals surface area contributed by atoms with E-state index in [1.54, 1.807) is 12.1 Å². The Balaban J connectivity index is 2.12. The highest BCUT2D eigenvalue weighted by Gasteiger charge is 2.29. The van der Waals surface area contributed by atoms with Crippen LogP contribution in [0.5, 0.6) is 0 Å². The molecule has 0 bridgehead atoms. The quantitative estimate of drug-likeness (QED) is 0.908. The molecule has 6 heteroatoms. The number of sulfonamides is 1. The van der Waals surface area contributed by atoms with Crippen LogP contribution in [0.25, 0.3) is 0 Å². The first-order valence-electron chi connectivity index (χ1n) is 6.92. The highest BCUT2D eigenvalue weighted by Crippen LogP contribution is 2.23. The van der Waals surface area contributed by atoms with E-state index < -0.39 is 10.0 Å². The topological polar surface area (TPSA) is 55.4 Å². The van der Waals surface area contributed by atoms with Gasteiger partial charge in [-0.15, -0.1) is 0 Å². The number of hydrogen-bond donors (Lipinski definition) is 1. The van der Waals surface area contributed by atoms with Crippen LogP contribution in [0.1, 0.15) is 32.6 Å². The predicted octanol–water partition coefficient (Wildman–Crippen LogP) is 2.97. The third kappa shape index (κ3) is 3.95. The van der Waals surface area contributed by atoms with Gasteiger partial charge in [0.05, 0.1) is 11.0 Å². The summed E-state index contributed by atoms with van der Waals surface area (Å²) in [5, 5.41) is 0.522. The van der Waals surface area contributed by atoms with E-state index >= 15 is 0 Å². The highest BCUT2D eigenvalue weighted by atomic mass is 35.5. The first-order valence-corrected chi connectivity index (χ1v) is 8.78. The standard InChI is InChI=1S/C14H20ClNO3S/c1-2-19-14-6-4-3-5-13(14)16-20(17,18)12-9-7-11(15)8-10-12/h7-10,13-14,16H,2-6H2,1H3/t13-,14-/m1/s1. The van der Waals surface area contributed by atoms with Gasteiger partial charge in [-0.3, -0.25) is 0 Å². The van der Waals surface area contributed by atoms with Gasteiger partial charge < -0.3 is 4.74 Å². The summed E-state index contributed by atoms with van der Waals surface area (Å²) in [4.78, 5) is 0.239. The minimum atomic E-state index is -3.52. The molecule has 1 aliphatic rings. The van der Waals surface area contributed by atoms with Gasteiger partial charge in [-0.1, -0.05) is 24.4 Å². The Morgan fingerprint density at radius 2 is 1.90 bits per heavy atom. The zero-order valence-corrected chi connectivity index (χ0v) is 13.1. The van der Waals surface area contributed by atoms with E-state index in [1.165, 1.54) is 12.1 Å². The van der Waals surface area contributed by atoms with E-state index in [0.29, 0.717) is 11.6 Å². The van der Waals surface area contributed by atoms with Crippen LogP contribution < -0.4 is 4.72 Å². The average Bonchev–Trinajstić information content (AvgIpc) is 2.41. The van der Waals surface area contributed by atoms with E-state index in [-0.39, 0.29) is 17.0 Å². The fourth-order valence-electron chi connectivity index (χ4n) is 2.53. The van der Waals surface area contributed by atoms with Crippen LogP contribution >= 0.6 is 11.6 Å². The van der Waals surface area contributed by atoms with Crippen molar-refractivity contribution < 1.29 is 13.2 Å². The van der Waals surface area contributed by atoms with Crippen molar-refractivity contribution >= 4 is 21.6 Å². The van der Waals surface area contributed by atoms with Crippen molar-refractivity contribution in [3.05, 3.63) is 29.3 Å². The molecule has 1 aromatic rings. The van der Waals surface area contributed by atoms with E-state index in [1.807, 2.05) is 6.92 Å². The molecule has 4 nitrogen and oxygen atoms in total. The maximum atomic E-state index is 12.4. The summed E-state index contributed by atoms with van der Waals surface area (Å²) in [6.07, 6.45) is 3.80. The molecule has 1 aromatic carbocycles. The van der Waals surface area contributed by atoms with Gasteiger partial charge in [0.2, 0.25) is 10.0 Å². The molecule has 1 saturated carbocycles. The van der Waals surface area contributed by atoms with Crippen LogP contribution in [0.2, 0.25) is 5.02 Å². The van der Waals surface area contributed by atoms with Gasteiger partial charge in [0, 0.05) is 17.7 Å². The van der Waals surface area contributed by atoms with Crippen molar-refractivity contribution in [2.24, 2.45) is 0 Å². The molecule has 0 amide bonds. The molecule has 0 saturated heterocycles. The van der Waals surface area contributed by atoms with Crippen LogP contribution in [0.3, 0.4) is 0 Å². The second kappa shape index (κ2) is 6.89. The molecule has 0 spiro atoms. The highest BCUT2D eigenvalue weighted by molar-refractivity contribution is 7.89. The molecule has 1 N–H and O–H groups in total. The molecule has 0 aromatic heterocycles. The van der Waals surface area contributed by atoms with E-state index in [4.69, 9.17) is 16.3 Å². The van der Waals surface area contributed by atoms with Crippen molar-refractivity contribution in [3.8, 4) is 0 Å². The third-order valence-electron chi connectivity index (χ3n) is 3.51. The summed E-state index contributed by atoms with van der Waals surface area (Å²) < 4.78 is 33.1. The van der Waals surface area contributed by atoms with Gasteiger partial charge in [0.15, 0.2) is 0 Å². The Kier molecular flexibility index (Phi) is 5.43. The average molecular weight is 318 g/mol. The summed E-state index contributed by atoms with van der Waals surface area (Å²) in [5.41, 5.74) is 0. The Hall–Kier alpha value is -0.620. The zero-order valence-electron chi connectivity index (χ0n) is 11.5. The van der Waals surface area contributed by atoms with Gasteiger partial charge in [0.1, 0.15) is 0 Å². The molecule has 0 radical (unpaired) electrons. The second-order valence-electron chi connectivity index (χ2n) is 4.96. The van der Waals surface area contributed by atoms with Gasteiger partial charge >= 0.3 is 0 Å². The second-order valence-corrected chi connectivity index (χ2v) is 7.11. The molecule has 2 atom stereocenters. The number of ether oxygens (including phenoxy) is 1. The first kappa shape index (κ1) is 15.8. The molecule has 0 aliphatic heterocycles. The van der Waals surface area contributed by atoms with Gasteiger partial charge in [-0.25, -0.2) is 13.1 Å². The molecular weight excluding hydrogens is 298 g/mol. The number of hydrogen-bond acceptors (Lipinski definition) is 3. The van der Waals surface area contributed by atoms with Crippen LogP contribution in [-0.2, 0) is 14.8 Å². The van der Waals surface area contributed by atoms with Crippen molar-refractivity contribution in [2.75, 3.05) is 6.61 Å². The summed E-state index contributed by atoms with van der Waals surface area (Å²) >= 11 is 5.78. The Morgan fingerprint density at radius 1 is 1.25 bits per heavy atom. The van der Waals surface area contributed by atoms with Crippen molar-refractivity contribution in [1.29, 1.82) is 0 Å². The van der Waals surface area contributed by atoms with E-state index in [0.717, 1.165) is 25.7 Å². The molecule has 0 heterocycles. The van der Waals surface area contributed by atoms with Crippen LogP contribution in [0, 0.1) is 0 Å². The minimum Gasteiger partial charge on any atom is -0.377 e. The lowest BCUT2D eigenvalue weighted by molar-refractivity contribution is 0.0184. The first-order chi connectivity index (χ1) is 9.53. The minimum absolute atomic E-state index is 0.0316. The Labute approximate surface area is 125 Å². The third-order valence-corrected chi connectivity index (χ3v) is 5.27. The molecule has 1 aliphatic carbocycles. The Morgan fingerprint density at radius 3 is 2.55 bits per heavy atom. The summed E-state index contributed by atoms with van der Waals surface area (Å²) in [6, 6.07) is 6.05. The molecular formula is C14H20ClNO3S. The summed E-state index contributed by atoms with van der Waals surface area (Å²) in [6.45, 7) is 2.53. The summed E-state index contributed by atoms with van der Waals surface area (Å²) in [5.74, 6) is 0. The smallest absolute Gasteiger partial charge is 0.240 e. The van der Waals surface area contributed by atoms with Crippen molar-refractivity contribution in [1.82, 2.24) is 4.72 Å². The predicted molar refractivity (Wildman–Crippen MR) is 79.4 cm³/mol. The zero-order chi connectivity index (χ0) is 14.6. The molecule has 1 fully saturated rings. The van der Waals surface area contributed by atoms with E-state index in [9.17, 15) is 8.42 Å². The van der Waals surface area contributed by atoms with Gasteiger partial charge in [-0.05, 0) is 44.0 Å². The summed E-state index contributed by atoms with van der Waals surface area (Å²) in [7, 11) is -3.52. The molecule has 0 unspecified atom stereocenters. The normalized spacial score (nSPS) is 23.7. The number of halogens is 1. The molecule has 112 valence electrons. The fraction of sp³-hybridized carbons (Fsp3) is 0.571. The van der Waals surface area contributed by atoms with Gasteiger partial charge in [0.25, 0.3) is 0 Å². The molecule has 20 heavy (non-hydrogen) atoms. The van der Waals surface area contributed by atoms with Crippen LogP contribution in [0.15, 0.2) is 29.2 Å². The lowest BCUT2D eigenvalue weighted by atomic mass is 9.93. The monoisotopic (exact) mass is 317 g/mol. The number of rotatable bonds is 5. The number of benzene rings is 1. The fourth-order valence-corrected chi connectivity index (χ4v) is 3.95. The maximum absolute atomic E-state index is 12.4. The van der Waals surface area contributed by atoms with Gasteiger partial charge in [-0.2, -0.15) is 0 Å². The lowest BCUT2D eigenvalue weighted by Gasteiger charge is -2.31. The van der Waals surface area contributed by atoms with Crippen molar-refractivity contribution in [2.45, 2.75) is 49.6 Å². The van der Waals surface area contributed by atoms with Crippen molar-refractivity contribution in [3.63, 3.8) is 0 Å². The van der Waals surface area contributed by atoms with Crippen LogP contribution in [-0.4, -0.2) is 27.2 Å². The Bertz CT molecular complexity index is 528. The van der Waals surface area contributed by atoms with Crippen LogP contribution in [0.4, 0.5) is 0 Å². The maximum Gasteiger partial charge on any atom is 0.240 e. The largest absolute Gasteiger partial charge is 0.377 e.